The van der Waals surface area contributed by atoms with Crippen LogP contribution in [0.15, 0.2) is 60.2 Å². The molecule has 0 aliphatic carbocycles. The van der Waals surface area contributed by atoms with Crippen molar-refractivity contribution in [3.8, 4) is 5.75 Å². The number of fused-ring (bicyclic) bond motifs is 1. The quantitative estimate of drug-likeness (QED) is 0.522. The zero-order valence-corrected chi connectivity index (χ0v) is 11.9. The molecule has 1 atom stereocenters. The Morgan fingerprint density at radius 2 is 1.52 bits per heavy atom. The Labute approximate surface area is 131 Å². The zero-order chi connectivity index (χ0) is 16.0. The third-order valence-corrected chi connectivity index (χ3v) is 4.00. The van der Waals surface area contributed by atoms with Crippen LogP contribution in [0.4, 0.5) is 0 Å². The molecule has 2 aromatic carbocycles. The van der Waals surface area contributed by atoms with Crippen LogP contribution in [-0.4, -0.2) is 17.8 Å². The summed E-state index contributed by atoms with van der Waals surface area (Å²) in [6, 6.07) is 15.8. The number of rotatable bonds is 2. The number of nitrogens with one attached hydrogen (secondary N) is 1. The van der Waals surface area contributed by atoms with Crippen LogP contribution in [0, 0.1) is 0 Å². The van der Waals surface area contributed by atoms with E-state index in [1.165, 1.54) is 0 Å². The molecule has 112 valence electrons. The third kappa shape index (κ3) is 1.97. The number of ether oxygens (including phenoxy) is 1. The number of benzene rings is 2. The molecule has 0 fully saturated rings. The lowest BCUT2D eigenvalue weighted by Crippen LogP contribution is -2.25. The smallest absolute Gasteiger partial charge is 0.323 e. The number of esters is 1. The van der Waals surface area contributed by atoms with Gasteiger partial charge in [0, 0.05) is 11.1 Å². The van der Waals surface area contributed by atoms with Crippen molar-refractivity contribution in [1.29, 1.82) is 0 Å². The van der Waals surface area contributed by atoms with Gasteiger partial charge in [0.05, 0.1) is 5.57 Å². The summed E-state index contributed by atoms with van der Waals surface area (Å²) in [5, 5.41) is 2.28. The molecule has 5 heteroatoms. The van der Waals surface area contributed by atoms with Crippen LogP contribution in [0.25, 0.3) is 5.57 Å². The first-order chi connectivity index (χ1) is 11.2. The van der Waals surface area contributed by atoms with Gasteiger partial charge >= 0.3 is 5.97 Å². The molecule has 0 saturated heterocycles. The van der Waals surface area contributed by atoms with Crippen molar-refractivity contribution in [1.82, 2.24) is 5.32 Å². The fourth-order valence-electron chi connectivity index (χ4n) is 3.02. The second-order valence-corrected chi connectivity index (χ2v) is 5.33. The topological polar surface area (TPSA) is 72.5 Å². The van der Waals surface area contributed by atoms with Gasteiger partial charge in [-0.25, -0.2) is 0 Å². The minimum absolute atomic E-state index is 0.149. The van der Waals surface area contributed by atoms with Crippen LogP contribution in [0.2, 0.25) is 0 Å². The van der Waals surface area contributed by atoms with Gasteiger partial charge in [-0.2, -0.15) is 0 Å². The zero-order valence-electron chi connectivity index (χ0n) is 11.9. The molecule has 2 heterocycles. The number of amides is 2. The van der Waals surface area contributed by atoms with Gasteiger partial charge in [-0.3, -0.25) is 19.7 Å². The van der Waals surface area contributed by atoms with E-state index >= 15 is 0 Å². The highest BCUT2D eigenvalue weighted by atomic mass is 16.5. The van der Waals surface area contributed by atoms with Crippen LogP contribution < -0.4 is 10.1 Å². The summed E-state index contributed by atoms with van der Waals surface area (Å²) in [5.41, 5.74) is 1.58. The van der Waals surface area contributed by atoms with Crippen LogP contribution in [-0.2, 0) is 14.4 Å². The fraction of sp³-hybridized carbons (Fsp3) is 0.0556. The highest BCUT2D eigenvalue weighted by Crippen LogP contribution is 2.43. The van der Waals surface area contributed by atoms with Crippen LogP contribution in [0.3, 0.4) is 0 Å². The molecule has 2 aromatic rings. The number of imide groups is 1. The lowest BCUT2D eigenvalue weighted by molar-refractivity contribution is -0.134. The highest BCUT2D eigenvalue weighted by molar-refractivity contribution is 6.37. The van der Waals surface area contributed by atoms with Gasteiger partial charge in [0.1, 0.15) is 11.7 Å². The maximum atomic E-state index is 12.3. The minimum atomic E-state index is -0.882. The van der Waals surface area contributed by atoms with E-state index in [-0.39, 0.29) is 11.1 Å². The fourth-order valence-corrected chi connectivity index (χ4v) is 3.02. The summed E-state index contributed by atoms with van der Waals surface area (Å²) in [5.74, 6) is -2.04. The molecule has 23 heavy (non-hydrogen) atoms. The number of para-hydroxylation sites is 1. The van der Waals surface area contributed by atoms with Gasteiger partial charge < -0.3 is 4.74 Å². The van der Waals surface area contributed by atoms with E-state index in [1.54, 1.807) is 48.5 Å². The molecule has 0 saturated carbocycles. The Bertz CT molecular complexity index is 883. The van der Waals surface area contributed by atoms with Crippen molar-refractivity contribution >= 4 is 23.4 Å². The van der Waals surface area contributed by atoms with E-state index in [2.05, 4.69) is 5.32 Å². The van der Waals surface area contributed by atoms with Crippen LogP contribution >= 0.6 is 0 Å². The summed E-state index contributed by atoms with van der Waals surface area (Å²) in [7, 11) is 0. The Morgan fingerprint density at radius 3 is 2.30 bits per heavy atom. The van der Waals surface area contributed by atoms with Crippen molar-refractivity contribution in [2.75, 3.05) is 0 Å². The first-order valence-corrected chi connectivity index (χ1v) is 7.12. The molecule has 0 aromatic heterocycles. The average Bonchev–Trinajstić information content (AvgIpc) is 3.03. The van der Waals surface area contributed by atoms with Crippen molar-refractivity contribution in [2.45, 2.75) is 5.92 Å². The normalized spacial score (nSPS) is 19.7. The van der Waals surface area contributed by atoms with Gasteiger partial charge in [-0.15, -0.1) is 0 Å². The van der Waals surface area contributed by atoms with E-state index in [1.807, 2.05) is 6.07 Å². The largest absolute Gasteiger partial charge is 0.425 e. The van der Waals surface area contributed by atoms with Crippen molar-refractivity contribution in [2.24, 2.45) is 0 Å². The van der Waals surface area contributed by atoms with Gasteiger partial charge in [0.2, 0.25) is 0 Å². The lowest BCUT2D eigenvalue weighted by atomic mass is 9.87. The second-order valence-electron chi connectivity index (χ2n) is 5.33. The Hall–Kier alpha value is -3.21. The Kier molecular flexibility index (Phi) is 2.87. The maximum Gasteiger partial charge on any atom is 0.323 e. The number of hydrogen-bond acceptors (Lipinski definition) is 4. The summed E-state index contributed by atoms with van der Waals surface area (Å²) in [4.78, 5) is 36.8. The number of hydrogen-bond donors (Lipinski definition) is 1. The van der Waals surface area contributed by atoms with Crippen LogP contribution in [0.5, 0.6) is 5.75 Å². The monoisotopic (exact) mass is 305 g/mol. The molecule has 4 rings (SSSR count). The van der Waals surface area contributed by atoms with E-state index in [0.29, 0.717) is 16.9 Å². The second kappa shape index (κ2) is 4.91. The maximum absolute atomic E-state index is 12.3. The molecule has 2 aliphatic heterocycles. The molecule has 0 bridgehead atoms. The van der Waals surface area contributed by atoms with Crippen molar-refractivity contribution in [3.05, 3.63) is 71.3 Å². The van der Waals surface area contributed by atoms with E-state index in [0.717, 1.165) is 0 Å². The van der Waals surface area contributed by atoms with Crippen molar-refractivity contribution < 1.29 is 19.1 Å². The third-order valence-electron chi connectivity index (χ3n) is 4.00. The minimum Gasteiger partial charge on any atom is -0.425 e. The molecule has 1 unspecified atom stereocenters. The van der Waals surface area contributed by atoms with Gasteiger partial charge in [-0.05, 0) is 11.6 Å². The van der Waals surface area contributed by atoms with E-state index in [9.17, 15) is 14.4 Å². The summed E-state index contributed by atoms with van der Waals surface area (Å²) < 4.78 is 5.24. The van der Waals surface area contributed by atoms with E-state index in [4.69, 9.17) is 4.74 Å². The lowest BCUT2D eigenvalue weighted by Gasteiger charge is -2.09. The average molecular weight is 305 g/mol. The number of carbonyl (C=O) groups excluding carboxylic acids is 3. The molecule has 0 spiro atoms. The van der Waals surface area contributed by atoms with Crippen LogP contribution in [0.1, 0.15) is 17.0 Å². The molecule has 1 N–H and O–H groups in total. The summed E-state index contributed by atoms with van der Waals surface area (Å²) >= 11 is 0. The molecule has 0 radical (unpaired) electrons. The molecule has 2 aliphatic rings. The molecular formula is C18H11NO4. The summed E-state index contributed by atoms with van der Waals surface area (Å²) in [6.07, 6.45) is 0. The van der Waals surface area contributed by atoms with Gasteiger partial charge in [0.15, 0.2) is 0 Å². The Morgan fingerprint density at radius 1 is 0.826 bits per heavy atom. The van der Waals surface area contributed by atoms with E-state index < -0.39 is 23.7 Å². The number of carbonyl (C=O) groups is 3. The first kappa shape index (κ1) is 13.5. The van der Waals surface area contributed by atoms with Gasteiger partial charge in [0.25, 0.3) is 11.8 Å². The van der Waals surface area contributed by atoms with Crippen molar-refractivity contribution in [3.63, 3.8) is 0 Å². The molecule has 2 amide bonds. The summed E-state index contributed by atoms with van der Waals surface area (Å²) in [6.45, 7) is 0. The highest BCUT2D eigenvalue weighted by Gasteiger charge is 2.44. The predicted molar refractivity (Wildman–Crippen MR) is 81.3 cm³/mol. The molecule has 5 nitrogen and oxygen atoms in total. The first-order valence-electron chi connectivity index (χ1n) is 7.12. The molecular weight excluding hydrogens is 294 g/mol. The SMILES string of the molecule is O=C1NC(=O)C(C2C(=O)Oc3ccccc32)=C1c1ccccc1. The standard InChI is InChI=1S/C18H11NO4/c20-16-13(10-6-2-1-3-7-10)15(17(21)19-16)14-11-8-4-5-9-12(11)23-18(14)22/h1-9,14H,(H,19,20,21). The predicted octanol–water partition coefficient (Wildman–Crippen LogP) is 1.80. The van der Waals surface area contributed by atoms with Gasteiger partial charge in [-0.1, -0.05) is 48.5 Å². The Balaban J connectivity index is 1.95.